The number of ether oxygens (including phenoxy) is 2. The van der Waals surface area contributed by atoms with Gasteiger partial charge in [-0.2, -0.15) is 0 Å². The molecule has 2 spiro atoms. The SMILES string of the molecule is CC1(C)COC2(OC1)[C@@H]1CC=C[C@H]3CC[C@@H](O)[C@]312. The topological polar surface area (TPSA) is 38.7 Å². The first-order chi connectivity index (χ1) is 8.53. The van der Waals surface area contributed by atoms with Crippen molar-refractivity contribution in [1.29, 1.82) is 0 Å². The summed E-state index contributed by atoms with van der Waals surface area (Å²) in [6.45, 7) is 5.82. The number of aliphatic hydroxyl groups is 1. The average Bonchev–Trinajstić information content (AvgIpc) is 2.78. The minimum absolute atomic E-state index is 0.0973. The van der Waals surface area contributed by atoms with Gasteiger partial charge >= 0.3 is 0 Å². The lowest BCUT2D eigenvalue weighted by Gasteiger charge is -2.38. The Morgan fingerprint density at radius 2 is 1.89 bits per heavy atom. The smallest absolute Gasteiger partial charge is 0.181 e. The molecule has 0 aromatic heterocycles. The Kier molecular flexibility index (Phi) is 2.03. The van der Waals surface area contributed by atoms with E-state index in [-0.39, 0.29) is 16.9 Å². The Hall–Kier alpha value is -0.380. The molecular formula is C15H22O3. The second-order valence-corrected chi connectivity index (χ2v) is 7.26. The fourth-order valence-electron chi connectivity index (χ4n) is 4.71. The van der Waals surface area contributed by atoms with Crippen LogP contribution in [-0.4, -0.2) is 30.2 Å². The lowest BCUT2D eigenvalue weighted by atomic mass is 9.83. The molecule has 4 aliphatic rings. The number of allylic oxidation sites excluding steroid dienone is 2. The molecule has 2 saturated carbocycles. The number of rotatable bonds is 0. The second kappa shape index (κ2) is 3.20. The Bertz CT molecular complexity index is 404. The van der Waals surface area contributed by atoms with Crippen LogP contribution in [0.4, 0.5) is 0 Å². The van der Waals surface area contributed by atoms with Crippen molar-refractivity contribution in [3.05, 3.63) is 12.2 Å². The predicted octanol–water partition coefficient (Wildman–Crippen LogP) is 2.10. The van der Waals surface area contributed by atoms with Gasteiger partial charge in [-0.25, -0.2) is 0 Å². The summed E-state index contributed by atoms with van der Waals surface area (Å²) in [7, 11) is 0. The average molecular weight is 250 g/mol. The molecule has 0 aromatic rings. The summed E-state index contributed by atoms with van der Waals surface area (Å²) >= 11 is 0. The largest absolute Gasteiger partial charge is 0.392 e. The van der Waals surface area contributed by atoms with Crippen molar-refractivity contribution in [2.24, 2.45) is 22.7 Å². The van der Waals surface area contributed by atoms with Crippen LogP contribution < -0.4 is 0 Å². The van der Waals surface area contributed by atoms with Gasteiger partial charge in [0.05, 0.1) is 24.7 Å². The minimum atomic E-state index is -0.480. The van der Waals surface area contributed by atoms with Gasteiger partial charge in [0.25, 0.3) is 0 Å². The van der Waals surface area contributed by atoms with Gasteiger partial charge in [0.1, 0.15) is 0 Å². The van der Waals surface area contributed by atoms with Gasteiger partial charge in [-0.05, 0) is 25.2 Å². The van der Waals surface area contributed by atoms with E-state index in [9.17, 15) is 5.11 Å². The molecule has 3 heteroatoms. The van der Waals surface area contributed by atoms with Crippen molar-refractivity contribution >= 4 is 0 Å². The van der Waals surface area contributed by atoms with Crippen LogP contribution in [-0.2, 0) is 9.47 Å². The second-order valence-electron chi connectivity index (χ2n) is 7.26. The maximum atomic E-state index is 10.5. The molecule has 0 amide bonds. The van der Waals surface area contributed by atoms with Crippen molar-refractivity contribution in [3.63, 3.8) is 0 Å². The zero-order chi connectivity index (χ0) is 12.6. The highest BCUT2D eigenvalue weighted by atomic mass is 16.7. The van der Waals surface area contributed by atoms with Crippen LogP contribution in [0.3, 0.4) is 0 Å². The summed E-state index contributed by atoms with van der Waals surface area (Å²) in [5.74, 6) is 0.341. The van der Waals surface area contributed by atoms with E-state index in [2.05, 4.69) is 26.0 Å². The first kappa shape index (κ1) is 11.4. The standard InChI is InChI=1S/C15H22O3/c1-13(2)8-17-15(18-9-13)11-5-3-4-10-6-7-12(16)14(10,11)15/h3-4,10-12,16H,5-9H2,1-2H3/t10-,11+,12+,14-/m0/s1. The van der Waals surface area contributed by atoms with Gasteiger partial charge < -0.3 is 14.6 Å². The Labute approximate surface area is 108 Å². The van der Waals surface area contributed by atoms with Crippen molar-refractivity contribution in [3.8, 4) is 0 Å². The lowest BCUT2D eigenvalue weighted by Crippen LogP contribution is -2.45. The van der Waals surface area contributed by atoms with Crippen molar-refractivity contribution in [2.75, 3.05) is 13.2 Å². The van der Waals surface area contributed by atoms with Crippen LogP contribution in [0.2, 0.25) is 0 Å². The molecule has 0 radical (unpaired) electrons. The molecule has 3 nitrogen and oxygen atoms in total. The summed E-state index contributed by atoms with van der Waals surface area (Å²) in [5, 5.41) is 10.5. The van der Waals surface area contributed by atoms with Crippen LogP contribution >= 0.6 is 0 Å². The number of fused-ring (bicyclic) bond motifs is 1. The van der Waals surface area contributed by atoms with Crippen LogP contribution in [0.25, 0.3) is 0 Å². The summed E-state index contributed by atoms with van der Waals surface area (Å²) in [6.07, 6.45) is 7.25. The molecule has 3 fully saturated rings. The molecule has 1 heterocycles. The third-order valence-electron chi connectivity index (χ3n) is 5.57. The van der Waals surface area contributed by atoms with E-state index in [0.29, 0.717) is 11.8 Å². The quantitative estimate of drug-likeness (QED) is 0.669. The molecule has 18 heavy (non-hydrogen) atoms. The molecule has 4 atom stereocenters. The summed E-state index contributed by atoms with van der Waals surface area (Å²) in [6, 6.07) is 0. The zero-order valence-corrected chi connectivity index (χ0v) is 11.2. The molecule has 1 N–H and O–H groups in total. The van der Waals surface area contributed by atoms with Gasteiger partial charge in [0.15, 0.2) is 5.79 Å². The van der Waals surface area contributed by atoms with E-state index < -0.39 is 5.79 Å². The van der Waals surface area contributed by atoms with E-state index in [4.69, 9.17) is 9.47 Å². The van der Waals surface area contributed by atoms with Gasteiger partial charge in [-0.3, -0.25) is 0 Å². The van der Waals surface area contributed by atoms with E-state index in [1.54, 1.807) is 0 Å². The van der Waals surface area contributed by atoms with Crippen LogP contribution in [0.1, 0.15) is 33.1 Å². The van der Waals surface area contributed by atoms with Crippen LogP contribution in [0.15, 0.2) is 12.2 Å². The highest BCUT2D eigenvalue weighted by Gasteiger charge is 2.86. The van der Waals surface area contributed by atoms with Crippen molar-refractivity contribution < 1.29 is 14.6 Å². The summed E-state index contributed by atoms with van der Waals surface area (Å²) in [5.41, 5.74) is -0.0294. The molecule has 0 bridgehead atoms. The van der Waals surface area contributed by atoms with Gasteiger partial charge in [0.2, 0.25) is 0 Å². The number of hydrogen-bond donors (Lipinski definition) is 1. The highest BCUT2D eigenvalue weighted by Crippen LogP contribution is 2.78. The lowest BCUT2D eigenvalue weighted by molar-refractivity contribution is -0.272. The molecule has 3 aliphatic carbocycles. The molecule has 0 aromatic carbocycles. The maximum absolute atomic E-state index is 10.5. The van der Waals surface area contributed by atoms with Gasteiger partial charge in [-0.15, -0.1) is 0 Å². The molecule has 0 unspecified atom stereocenters. The van der Waals surface area contributed by atoms with Crippen molar-refractivity contribution in [2.45, 2.75) is 45.0 Å². The maximum Gasteiger partial charge on any atom is 0.181 e. The number of hydrogen-bond acceptors (Lipinski definition) is 3. The highest BCUT2D eigenvalue weighted by molar-refractivity contribution is 5.33. The summed E-state index contributed by atoms with van der Waals surface area (Å²) < 4.78 is 12.4. The fourth-order valence-corrected chi connectivity index (χ4v) is 4.71. The first-order valence-electron chi connectivity index (χ1n) is 7.16. The molecule has 4 rings (SSSR count). The zero-order valence-electron chi connectivity index (χ0n) is 11.2. The normalized spacial score (nSPS) is 50.9. The monoisotopic (exact) mass is 250 g/mol. The van der Waals surface area contributed by atoms with Gasteiger partial charge in [0, 0.05) is 11.3 Å². The summed E-state index contributed by atoms with van der Waals surface area (Å²) in [4.78, 5) is 0. The number of aliphatic hydroxyl groups excluding tert-OH is 1. The van der Waals surface area contributed by atoms with E-state index in [0.717, 1.165) is 32.5 Å². The third kappa shape index (κ3) is 1.08. The van der Waals surface area contributed by atoms with Crippen LogP contribution in [0.5, 0.6) is 0 Å². The Morgan fingerprint density at radius 3 is 2.61 bits per heavy atom. The van der Waals surface area contributed by atoms with E-state index in [1.807, 2.05) is 0 Å². The first-order valence-corrected chi connectivity index (χ1v) is 7.16. The third-order valence-corrected chi connectivity index (χ3v) is 5.57. The van der Waals surface area contributed by atoms with E-state index >= 15 is 0 Å². The molecule has 1 aliphatic heterocycles. The van der Waals surface area contributed by atoms with Crippen LogP contribution in [0, 0.1) is 22.7 Å². The molecular weight excluding hydrogens is 228 g/mol. The Balaban J connectivity index is 1.69. The molecule has 100 valence electrons. The van der Waals surface area contributed by atoms with E-state index in [1.165, 1.54) is 0 Å². The fraction of sp³-hybridized carbons (Fsp3) is 0.867. The van der Waals surface area contributed by atoms with Gasteiger partial charge in [-0.1, -0.05) is 26.0 Å². The molecule has 1 saturated heterocycles. The Morgan fingerprint density at radius 1 is 1.17 bits per heavy atom. The van der Waals surface area contributed by atoms with Crippen molar-refractivity contribution in [1.82, 2.24) is 0 Å². The minimum Gasteiger partial charge on any atom is -0.392 e. The predicted molar refractivity (Wildman–Crippen MR) is 66.8 cm³/mol.